The molecule has 214 valence electrons. The van der Waals surface area contributed by atoms with Crippen LogP contribution in [0.1, 0.15) is 145 Å². The fourth-order valence-corrected chi connectivity index (χ4v) is 9.03. The molecule has 3 aliphatic rings. The SMILES string of the molecule is C=CC1(C(=C)CC2(C)CCCC(CC)(CCCC3(C)CCC(C)(C)N3C)N2)CCCC(CC)(CC)N1C. The number of hydrogen-bond donors (Lipinski definition) is 1. The van der Waals surface area contributed by atoms with Crippen molar-refractivity contribution in [2.24, 2.45) is 0 Å². The van der Waals surface area contributed by atoms with Crippen LogP contribution in [-0.2, 0) is 0 Å². The summed E-state index contributed by atoms with van der Waals surface area (Å²) in [5.74, 6) is 0. The molecule has 3 saturated heterocycles. The summed E-state index contributed by atoms with van der Waals surface area (Å²) in [5.41, 5.74) is 2.60. The van der Waals surface area contributed by atoms with Crippen molar-refractivity contribution in [1.29, 1.82) is 0 Å². The molecule has 3 aliphatic heterocycles. The quantitative estimate of drug-likeness (QED) is 0.279. The predicted octanol–water partition coefficient (Wildman–Crippen LogP) is 8.65. The molecular weight excluding hydrogens is 450 g/mol. The van der Waals surface area contributed by atoms with E-state index in [4.69, 9.17) is 6.58 Å². The van der Waals surface area contributed by atoms with E-state index in [0.29, 0.717) is 11.1 Å². The van der Waals surface area contributed by atoms with Crippen LogP contribution in [0.15, 0.2) is 24.8 Å². The fraction of sp³-hybridized carbons (Fsp3) is 0.882. The molecule has 3 heteroatoms. The Balaban J connectivity index is 1.71. The van der Waals surface area contributed by atoms with E-state index in [1.165, 1.54) is 89.0 Å². The van der Waals surface area contributed by atoms with E-state index in [-0.39, 0.29) is 22.2 Å². The van der Waals surface area contributed by atoms with E-state index in [1.807, 2.05) is 0 Å². The number of likely N-dealkylation sites (N-methyl/N-ethyl adjacent to an activating group) is 1. The van der Waals surface area contributed by atoms with Crippen LogP contribution in [0.25, 0.3) is 0 Å². The molecule has 0 aliphatic carbocycles. The molecule has 0 spiro atoms. The molecule has 1 N–H and O–H groups in total. The maximum Gasteiger partial charge on any atom is 0.0602 e. The second-order valence-electron chi connectivity index (χ2n) is 14.6. The summed E-state index contributed by atoms with van der Waals surface area (Å²) < 4.78 is 0. The van der Waals surface area contributed by atoms with Crippen molar-refractivity contribution < 1.29 is 0 Å². The van der Waals surface area contributed by atoms with Gasteiger partial charge in [0.1, 0.15) is 0 Å². The van der Waals surface area contributed by atoms with Gasteiger partial charge in [0.2, 0.25) is 0 Å². The lowest BCUT2D eigenvalue weighted by atomic mass is 9.67. The molecular formula is C34H63N3. The smallest absolute Gasteiger partial charge is 0.0602 e. The molecule has 0 bridgehead atoms. The van der Waals surface area contributed by atoms with Crippen LogP contribution < -0.4 is 5.32 Å². The summed E-state index contributed by atoms with van der Waals surface area (Å²) >= 11 is 0. The van der Waals surface area contributed by atoms with Gasteiger partial charge in [-0.2, -0.15) is 0 Å². The van der Waals surface area contributed by atoms with E-state index in [1.54, 1.807) is 0 Å². The largest absolute Gasteiger partial charge is 0.306 e. The van der Waals surface area contributed by atoms with Crippen LogP contribution in [0.3, 0.4) is 0 Å². The van der Waals surface area contributed by atoms with Crippen LogP contribution in [-0.4, -0.2) is 57.1 Å². The Morgan fingerprint density at radius 3 is 2.00 bits per heavy atom. The minimum Gasteiger partial charge on any atom is -0.306 e. The first-order valence-electron chi connectivity index (χ1n) is 15.8. The molecule has 0 amide bonds. The van der Waals surface area contributed by atoms with Gasteiger partial charge in [0, 0.05) is 27.7 Å². The maximum atomic E-state index is 4.81. The molecule has 37 heavy (non-hydrogen) atoms. The van der Waals surface area contributed by atoms with Gasteiger partial charge in [-0.15, -0.1) is 6.58 Å². The zero-order valence-electron chi connectivity index (χ0n) is 26.5. The second kappa shape index (κ2) is 11.1. The normalized spacial score (nSPS) is 38.5. The van der Waals surface area contributed by atoms with Gasteiger partial charge < -0.3 is 5.32 Å². The summed E-state index contributed by atoms with van der Waals surface area (Å²) in [7, 11) is 4.71. The molecule has 3 heterocycles. The second-order valence-corrected chi connectivity index (χ2v) is 14.6. The number of likely N-dealkylation sites (tertiary alicyclic amines) is 2. The highest BCUT2D eigenvalue weighted by Crippen LogP contribution is 2.48. The van der Waals surface area contributed by atoms with Crippen LogP contribution in [0.2, 0.25) is 0 Å². The van der Waals surface area contributed by atoms with Gasteiger partial charge >= 0.3 is 0 Å². The fourth-order valence-electron chi connectivity index (χ4n) is 9.03. The molecule has 4 unspecified atom stereocenters. The standard InChI is InChI=1S/C34H63N3/c1-12-32(22-17-20-31(9)26-25-29(6,7)36(31)10)21-16-19-30(8,35-32)27-28(5)34(15-4)24-18-23-33(13-2,14-3)37(34)11/h15,35H,4-5,12-14,16-27H2,1-3,6-11H3. The average Bonchev–Trinajstić information content (AvgIpc) is 3.07. The Labute approximate surface area is 231 Å². The summed E-state index contributed by atoms with van der Waals surface area (Å²) in [4.78, 5) is 5.35. The molecule has 0 saturated carbocycles. The van der Waals surface area contributed by atoms with Crippen LogP contribution in [0, 0.1) is 0 Å². The summed E-state index contributed by atoms with van der Waals surface area (Å²) in [6, 6.07) is 0. The number of hydrogen-bond acceptors (Lipinski definition) is 3. The molecule has 0 radical (unpaired) electrons. The zero-order valence-corrected chi connectivity index (χ0v) is 26.5. The Hall–Kier alpha value is -0.640. The minimum atomic E-state index is -0.0876. The number of rotatable bonds is 11. The van der Waals surface area contributed by atoms with E-state index in [0.717, 1.165) is 12.8 Å². The van der Waals surface area contributed by atoms with Crippen molar-refractivity contribution in [2.75, 3.05) is 14.1 Å². The highest BCUT2D eigenvalue weighted by Gasteiger charge is 2.50. The molecule has 4 atom stereocenters. The van der Waals surface area contributed by atoms with Gasteiger partial charge in [-0.25, -0.2) is 0 Å². The Bertz CT molecular complexity index is 812. The van der Waals surface area contributed by atoms with Crippen LogP contribution >= 0.6 is 0 Å². The molecule has 0 aromatic heterocycles. The molecule has 3 rings (SSSR count). The maximum absolute atomic E-state index is 4.81. The number of nitrogens with zero attached hydrogens (tertiary/aromatic N) is 2. The average molecular weight is 514 g/mol. The van der Waals surface area contributed by atoms with Gasteiger partial charge in [0.25, 0.3) is 0 Å². The molecule has 0 aromatic rings. The number of piperidine rings is 2. The van der Waals surface area contributed by atoms with Crippen molar-refractivity contribution in [3.8, 4) is 0 Å². The topological polar surface area (TPSA) is 18.5 Å². The minimum absolute atomic E-state index is 0.0876. The van der Waals surface area contributed by atoms with E-state index in [2.05, 4.69) is 90.3 Å². The lowest BCUT2D eigenvalue weighted by Crippen LogP contribution is -2.63. The van der Waals surface area contributed by atoms with Crippen molar-refractivity contribution in [1.82, 2.24) is 15.1 Å². The Kier molecular flexibility index (Phi) is 9.26. The van der Waals surface area contributed by atoms with Crippen molar-refractivity contribution in [2.45, 2.75) is 178 Å². The zero-order chi connectivity index (χ0) is 27.8. The van der Waals surface area contributed by atoms with Gasteiger partial charge in [-0.05, 0) is 138 Å². The summed E-state index contributed by atoms with van der Waals surface area (Å²) in [5, 5.41) is 4.31. The van der Waals surface area contributed by atoms with Crippen molar-refractivity contribution in [3.63, 3.8) is 0 Å². The van der Waals surface area contributed by atoms with Gasteiger partial charge in [-0.3, -0.25) is 9.80 Å². The number of nitrogens with one attached hydrogen (secondary N) is 1. The molecule has 0 aromatic carbocycles. The van der Waals surface area contributed by atoms with Crippen molar-refractivity contribution in [3.05, 3.63) is 24.8 Å². The monoisotopic (exact) mass is 514 g/mol. The first kappa shape index (κ1) is 30.9. The van der Waals surface area contributed by atoms with Crippen molar-refractivity contribution >= 4 is 0 Å². The van der Waals surface area contributed by atoms with Gasteiger partial charge in [0.15, 0.2) is 0 Å². The summed E-state index contributed by atoms with van der Waals surface area (Å²) in [6.07, 6.45) is 21.0. The Morgan fingerprint density at radius 2 is 1.46 bits per heavy atom. The van der Waals surface area contributed by atoms with E-state index >= 15 is 0 Å². The first-order valence-corrected chi connectivity index (χ1v) is 15.8. The molecule has 3 fully saturated rings. The van der Waals surface area contributed by atoms with E-state index < -0.39 is 0 Å². The highest BCUT2D eigenvalue weighted by molar-refractivity contribution is 5.30. The Morgan fingerprint density at radius 1 is 0.811 bits per heavy atom. The molecule has 3 nitrogen and oxygen atoms in total. The predicted molar refractivity (Wildman–Crippen MR) is 163 cm³/mol. The highest BCUT2D eigenvalue weighted by atomic mass is 15.3. The third-order valence-corrected chi connectivity index (χ3v) is 12.4. The lowest BCUT2D eigenvalue weighted by Gasteiger charge is -2.57. The third kappa shape index (κ3) is 5.66. The summed E-state index contributed by atoms with van der Waals surface area (Å²) in [6.45, 7) is 26.2. The third-order valence-electron chi connectivity index (χ3n) is 12.4. The van der Waals surface area contributed by atoms with Crippen LogP contribution in [0.5, 0.6) is 0 Å². The van der Waals surface area contributed by atoms with Gasteiger partial charge in [0.05, 0.1) is 5.54 Å². The van der Waals surface area contributed by atoms with E-state index in [9.17, 15) is 0 Å². The van der Waals surface area contributed by atoms with Gasteiger partial charge in [-0.1, -0.05) is 39.0 Å². The first-order chi connectivity index (χ1) is 17.2. The van der Waals surface area contributed by atoms with Crippen LogP contribution in [0.4, 0.5) is 0 Å². The lowest BCUT2D eigenvalue weighted by molar-refractivity contribution is -0.00963.